The Labute approximate surface area is 196 Å². The van der Waals surface area contributed by atoms with Gasteiger partial charge in [-0.25, -0.2) is 9.59 Å². The highest BCUT2D eigenvalue weighted by atomic mass is 28.3. The smallest absolute Gasteiger partial charge is 0.410 e. The molecular weight excluding hydrogens is 434 g/mol. The number of hydrogen-bond donors (Lipinski definition) is 1. The average Bonchev–Trinajstić information content (AvgIpc) is 3.16. The van der Waals surface area contributed by atoms with Gasteiger partial charge < -0.3 is 14.6 Å². The molecular formula is C26H33NO5Si. The molecule has 2 aromatic carbocycles. The number of methoxy groups -OCH3 is 1. The first-order chi connectivity index (χ1) is 15.6. The number of esters is 1. The van der Waals surface area contributed by atoms with Crippen LogP contribution in [-0.4, -0.2) is 56.4 Å². The zero-order valence-corrected chi connectivity index (χ0v) is 20.8. The maximum Gasteiger partial charge on any atom is 0.410 e. The number of amides is 1. The second-order valence-electron chi connectivity index (χ2n) is 9.70. The molecule has 6 nitrogen and oxygen atoms in total. The quantitative estimate of drug-likeness (QED) is 0.463. The maximum absolute atomic E-state index is 12.8. The van der Waals surface area contributed by atoms with Crippen molar-refractivity contribution < 1.29 is 24.2 Å². The lowest BCUT2D eigenvalue weighted by atomic mass is 9.89. The molecule has 3 rings (SSSR count). The van der Waals surface area contributed by atoms with E-state index in [4.69, 9.17) is 9.47 Å². The van der Waals surface area contributed by atoms with E-state index < -0.39 is 31.8 Å². The third-order valence-electron chi connectivity index (χ3n) is 6.04. The van der Waals surface area contributed by atoms with Crippen molar-refractivity contribution in [2.45, 2.75) is 43.7 Å². The predicted octanol–water partition coefficient (Wildman–Crippen LogP) is 4.91. The fourth-order valence-electron chi connectivity index (χ4n) is 4.06. The van der Waals surface area contributed by atoms with E-state index in [1.165, 1.54) is 12.0 Å². The summed E-state index contributed by atoms with van der Waals surface area (Å²) < 4.78 is 10.4. The van der Waals surface area contributed by atoms with Crippen molar-refractivity contribution in [2.75, 3.05) is 20.3 Å². The predicted molar refractivity (Wildman–Crippen MR) is 132 cm³/mol. The summed E-state index contributed by atoms with van der Waals surface area (Å²) >= 11 is 0. The van der Waals surface area contributed by atoms with Gasteiger partial charge in [0.05, 0.1) is 20.3 Å². The van der Waals surface area contributed by atoms with Crippen LogP contribution in [0.4, 0.5) is 4.79 Å². The molecule has 1 saturated heterocycles. The molecule has 0 saturated carbocycles. The first-order valence-electron chi connectivity index (χ1n) is 11.1. The van der Waals surface area contributed by atoms with Crippen molar-refractivity contribution in [3.63, 3.8) is 0 Å². The summed E-state index contributed by atoms with van der Waals surface area (Å²) in [4.78, 5) is 26.5. The van der Waals surface area contributed by atoms with Gasteiger partial charge in [0.15, 0.2) is 0 Å². The Bertz CT molecular complexity index is 1010. The Morgan fingerprint density at radius 3 is 2.45 bits per heavy atom. The second kappa shape index (κ2) is 9.93. The number of aliphatic hydroxyl groups is 1. The number of nitrogens with zero attached hydrogens (tertiary/aromatic N) is 1. The highest BCUT2D eigenvalue weighted by molar-refractivity contribution is 6.76. The van der Waals surface area contributed by atoms with Gasteiger partial charge in [-0.05, 0) is 28.3 Å². The fourth-order valence-corrected chi connectivity index (χ4v) is 4.77. The van der Waals surface area contributed by atoms with E-state index in [0.717, 1.165) is 22.7 Å². The molecule has 1 N–H and O–H groups in total. The molecule has 33 heavy (non-hydrogen) atoms. The highest BCUT2D eigenvalue weighted by Gasteiger charge is 2.50. The molecule has 2 atom stereocenters. The van der Waals surface area contributed by atoms with Crippen LogP contribution in [0.1, 0.15) is 17.5 Å². The van der Waals surface area contributed by atoms with Gasteiger partial charge in [-0.15, -0.1) is 0 Å². The summed E-state index contributed by atoms with van der Waals surface area (Å²) in [6.07, 6.45) is 1.25. The molecule has 1 heterocycles. The molecule has 0 bridgehead atoms. The minimum atomic E-state index is -1.38. The van der Waals surface area contributed by atoms with Crippen molar-refractivity contribution in [3.8, 4) is 11.1 Å². The molecule has 0 spiro atoms. The zero-order chi connectivity index (χ0) is 24.2. The molecule has 7 heteroatoms. The zero-order valence-electron chi connectivity index (χ0n) is 19.8. The van der Waals surface area contributed by atoms with Crippen LogP contribution < -0.4 is 0 Å². The van der Waals surface area contributed by atoms with Crippen LogP contribution >= 0.6 is 0 Å². The number of likely N-dealkylation sites (tertiary alicyclic amines) is 1. The SMILES string of the molecule is C=Cc1ccccc1-c1ccc([C@]2(O)C[C@@H](C(=O)OC)N(C(=O)OCC[Si](C)(C)C)C2)cc1. The van der Waals surface area contributed by atoms with Crippen LogP contribution in [0.2, 0.25) is 25.7 Å². The summed E-state index contributed by atoms with van der Waals surface area (Å²) in [5.41, 5.74) is 2.30. The van der Waals surface area contributed by atoms with Gasteiger partial charge in [0.1, 0.15) is 11.6 Å². The van der Waals surface area contributed by atoms with E-state index in [1.807, 2.05) is 48.5 Å². The van der Waals surface area contributed by atoms with Crippen LogP contribution in [0.5, 0.6) is 0 Å². The van der Waals surface area contributed by atoms with Gasteiger partial charge in [-0.3, -0.25) is 4.90 Å². The van der Waals surface area contributed by atoms with Gasteiger partial charge in [0.25, 0.3) is 0 Å². The first kappa shape index (κ1) is 24.7. The number of hydrogen-bond acceptors (Lipinski definition) is 5. The summed E-state index contributed by atoms with van der Waals surface area (Å²) in [7, 11) is -0.0955. The molecule has 1 aliphatic heterocycles. The van der Waals surface area contributed by atoms with Gasteiger partial charge in [-0.2, -0.15) is 0 Å². The fraction of sp³-hybridized carbons (Fsp3) is 0.385. The molecule has 0 aliphatic carbocycles. The van der Waals surface area contributed by atoms with Crippen molar-refractivity contribution >= 4 is 26.2 Å². The lowest BCUT2D eigenvalue weighted by Gasteiger charge is -2.25. The van der Waals surface area contributed by atoms with Crippen LogP contribution in [0.15, 0.2) is 55.1 Å². The third kappa shape index (κ3) is 5.72. The minimum Gasteiger partial charge on any atom is -0.467 e. The van der Waals surface area contributed by atoms with Crippen LogP contribution in [-0.2, 0) is 19.9 Å². The Kier molecular flexibility index (Phi) is 7.44. The Hall–Kier alpha value is -2.90. The lowest BCUT2D eigenvalue weighted by Crippen LogP contribution is -2.42. The first-order valence-corrected chi connectivity index (χ1v) is 14.8. The molecule has 2 aromatic rings. The van der Waals surface area contributed by atoms with Gasteiger partial charge in [0, 0.05) is 14.5 Å². The molecule has 0 unspecified atom stereocenters. The number of carbonyl (C=O) groups is 2. The molecule has 176 valence electrons. The van der Waals surface area contributed by atoms with Crippen LogP contribution in [0, 0.1) is 0 Å². The van der Waals surface area contributed by atoms with Crippen molar-refractivity contribution in [2.24, 2.45) is 0 Å². The standard InChI is InChI=1S/C26H33NO5Si/c1-6-19-9-7-8-10-22(19)20-11-13-21(14-12-20)26(30)17-23(24(28)31-2)27(18-26)25(29)32-15-16-33(3,4)5/h6-14,23,30H,1,15-18H2,2-5H3/t23-,26-/m0/s1. The van der Waals surface area contributed by atoms with E-state index >= 15 is 0 Å². The summed E-state index contributed by atoms with van der Waals surface area (Å²) in [5, 5.41) is 11.4. The van der Waals surface area contributed by atoms with E-state index in [0.29, 0.717) is 12.2 Å². The van der Waals surface area contributed by atoms with E-state index in [9.17, 15) is 14.7 Å². The Balaban J connectivity index is 1.81. The van der Waals surface area contributed by atoms with Gasteiger partial charge in [-0.1, -0.05) is 80.8 Å². The van der Waals surface area contributed by atoms with Crippen LogP contribution in [0.25, 0.3) is 17.2 Å². The molecule has 1 aliphatic rings. The van der Waals surface area contributed by atoms with Crippen molar-refractivity contribution in [3.05, 3.63) is 66.2 Å². The Morgan fingerprint density at radius 2 is 1.85 bits per heavy atom. The van der Waals surface area contributed by atoms with E-state index in [2.05, 4.69) is 26.2 Å². The normalized spacial score (nSPS) is 20.4. The number of rotatable bonds is 7. The number of ether oxygens (including phenoxy) is 2. The lowest BCUT2D eigenvalue weighted by molar-refractivity contribution is -0.145. The molecule has 0 aromatic heterocycles. The topological polar surface area (TPSA) is 76.1 Å². The molecule has 0 radical (unpaired) electrons. The average molecular weight is 468 g/mol. The summed E-state index contributed by atoms with van der Waals surface area (Å²) in [6.45, 7) is 10.7. The third-order valence-corrected chi connectivity index (χ3v) is 7.74. The minimum absolute atomic E-state index is 0.0405. The second-order valence-corrected chi connectivity index (χ2v) is 15.3. The monoisotopic (exact) mass is 467 g/mol. The van der Waals surface area contributed by atoms with Gasteiger partial charge in [0.2, 0.25) is 0 Å². The van der Waals surface area contributed by atoms with E-state index in [1.54, 1.807) is 6.08 Å². The largest absolute Gasteiger partial charge is 0.467 e. The van der Waals surface area contributed by atoms with Crippen molar-refractivity contribution in [1.29, 1.82) is 0 Å². The number of benzene rings is 2. The summed E-state index contributed by atoms with van der Waals surface area (Å²) in [6, 6.07) is 15.4. The highest BCUT2D eigenvalue weighted by Crippen LogP contribution is 2.38. The summed E-state index contributed by atoms with van der Waals surface area (Å²) in [5.74, 6) is -0.565. The van der Waals surface area contributed by atoms with Gasteiger partial charge >= 0.3 is 12.1 Å². The van der Waals surface area contributed by atoms with Crippen LogP contribution in [0.3, 0.4) is 0 Å². The molecule has 1 amide bonds. The molecule has 1 fully saturated rings. The van der Waals surface area contributed by atoms with E-state index in [-0.39, 0.29) is 13.0 Å². The number of β-amino-alcohol motifs (C(OH)–C–C–N with tert-alkyl or cyclic N) is 1. The van der Waals surface area contributed by atoms with Crippen molar-refractivity contribution in [1.82, 2.24) is 4.90 Å². The maximum atomic E-state index is 12.8. The number of carbonyl (C=O) groups excluding carboxylic acids is 2. The Morgan fingerprint density at radius 1 is 1.18 bits per heavy atom.